The molecule has 0 atom stereocenters. The standard InChI is InChI=1S/C21H25FN4O/c1-15-12-18(6-9-23-15)24-21(27)26-10-7-16(8-11-26)13-17-4-5-19(25(2)3)14-20(17)22/h4-6,9,12-14H,7-8,10-11H2,1-3H3,(H,23,24,27). The molecule has 1 aliphatic rings. The van der Waals surface area contributed by atoms with Gasteiger partial charge in [0.25, 0.3) is 0 Å². The molecule has 1 aromatic carbocycles. The van der Waals surface area contributed by atoms with Crippen molar-refractivity contribution in [3.05, 3.63) is 59.2 Å². The summed E-state index contributed by atoms with van der Waals surface area (Å²) >= 11 is 0. The van der Waals surface area contributed by atoms with E-state index in [2.05, 4.69) is 10.3 Å². The average Bonchev–Trinajstić information content (AvgIpc) is 2.64. The second kappa shape index (κ2) is 8.20. The Morgan fingerprint density at radius 2 is 1.96 bits per heavy atom. The number of amides is 2. The Morgan fingerprint density at radius 1 is 1.22 bits per heavy atom. The molecule has 1 N–H and O–H groups in total. The van der Waals surface area contributed by atoms with Crippen LogP contribution in [0.3, 0.4) is 0 Å². The van der Waals surface area contributed by atoms with Gasteiger partial charge in [-0.3, -0.25) is 4.98 Å². The number of nitrogens with zero attached hydrogens (tertiary/aromatic N) is 3. The van der Waals surface area contributed by atoms with Gasteiger partial charge in [0, 0.05) is 56.0 Å². The van der Waals surface area contributed by atoms with E-state index in [1.165, 1.54) is 0 Å². The Labute approximate surface area is 159 Å². The lowest BCUT2D eigenvalue weighted by atomic mass is 10.0. The van der Waals surface area contributed by atoms with E-state index < -0.39 is 0 Å². The van der Waals surface area contributed by atoms with E-state index in [1.807, 2.05) is 50.2 Å². The molecular weight excluding hydrogens is 343 g/mol. The van der Waals surface area contributed by atoms with Crippen molar-refractivity contribution in [3.8, 4) is 0 Å². The van der Waals surface area contributed by atoms with Crippen molar-refractivity contribution in [2.45, 2.75) is 19.8 Å². The minimum Gasteiger partial charge on any atom is -0.378 e. The number of halogens is 1. The highest BCUT2D eigenvalue weighted by atomic mass is 19.1. The second-order valence-electron chi connectivity index (χ2n) is 7.01. The number of aromatic nitrogens is 1. The molecule has 0 spiro atoms. The summed E-state index contributed by atoms with van der Waals surface area (Å²) < 4.78 is 14.3. The number of pyridine rings is 1. The van der Waals surface area contributed by atoms with Gasteiger partial charge in [-0.1, -0.05) is 11.6 Å². The van der Waals surface area contributed by atoms with Gasteiger partial charge in [0.2, 0.25) is 0 Å². The number of likely N-dealkylation sites (tertiary alicyclic amines) is 1. The third-order valence-corrected chi connectivity index (χ3v) is 4.70. The molecule has 3 rings (SSSR count). The van der Waals surface area contributed by atoms with Crippen molar-refractivity contribution in [2.75, 3.05) is 37.4 Å². The zero-order valence-corrected chi connectivity index (χ0v) is 16.0. The van der Waals surface area contributed by atoms with Gasteiger partial charge in [0.05, 0.1) is 0 Å². The van der Waals surface area contributed by atoms with Gasteiger partial charge < -0.3 is 15.1 Å². The summed E-state index contributed by atoms with van der Waals surface area (Å²) in [5.41, 5.74) is 4.21. The van der Waals surface area contributed by atoms with Crippen molar-refractivity contribution in [1.82, 2.24) is 9.88 Å². The number of carbonyl (C=O) groups excluding carboxylic acids is 1. The van der Waals surface area contributed by atoms with Gasteiger partial charge in [-0.05, 0) is 50.1 Å². The average molecular weight is 368 g/mol. The Hall–Kier alpha value is -2.89. The number of nitrogens with one attached hydrogen (secondary N) is 1. The molecule has 1 aromatic heterocycles. The zero-order valence-electron chi connectivity index (χ0n) is 16.0. The van der Waals surface area contributed by atoms with Crippen LogP contribution in [0.25, 0.3) is 6.08 Å². The molecule has 2 aromatic rings. The first-order valence-corrected chi connectivity index (χ1v) is 9.07. The fraction of sp³-hybridized carbons (Fsp3) is 0.333. The first-order chi connectivity index (χ1) is 12.9. The Morgan fingerprint density at radius 3 is 2.59 bits per heavy atom. The van der Waals surface area contributed by atoms with E-state index in [0.29, 0.717) is 18.7 Å². The first kappa shape index (κ1) is 18.9. The number of rotatable bonds is 3. The lowest BCUT2D eigenvalue weighted by Gasteiger charge is -2.28. The number of benzene rings is 1. The molecule has 27 heavy (non-hydrogen) atoms. The lowest BCUT2D eigenvalue weighted by Crippen LogP contribution is -2.39. The highest BCUT2D eigenvalue weighted by molar-refractivity contribution is 5.89. The molecular formula is C21H25FN4O. The van der Waals surface area contributed by atoms with Crippen LogP contribution in [0.4, 0.5) is 20.6 Å². The van der Waals surface area contributed by atoms with E-state index in [1.54, 1.807) is 23.2 Å². The number of anilines is 2. The Balaban J connectivity index is 1.60. The SMILES string of the molecule is Cc1cc(NC(=O)N2CCC(=Cc3ccc(N(C)C)cc3F)CC2)ccn1. The molecule has 1 fully saturated rings. The number of carbonyl (C=O) groups is 1. The molecule has 0 unspecified atom stereocenters. The quantitative estimate of drug-likeness (QED) is 0.878. The van der Waals surface area contributed by atoms with Gasteiger partial charge in [0.15, 0.2) is 0 Å². The fourth-order valence-corrected chi connectivity index (χ4v) is 3.10. The third-order valence-electron chi connectivity index (χ3n) is 4.70. The summed E-state index contributed by atoms with van der Waals surface area (Å²) in [5.74, 6) is -0.220. The molecule has 0 aliphatic carbocycles. The second-order valence-corrected chi connectivity index (χ2v) is 7.01. The van der Waals surface area contributed by atoms with Crippen molar-refractivity contribution >= 4 is 23.5 Å². The summed E-state index contributed by atoms with van der Waals surface area (Å²) in [6.45, 7) is 3.14. The molecule has 1 saturated heterocycles. The Kier molecular flexibility index (Phi) is 5.74. The first-order valence-electron chi connectivity index (χ1n) is 9.07. The van der Waals surface area contributed by atoms with Gasteiger partial charge >= 0.3 is 6.03 Å². The van der Waals surface area contributed by atoms with Crippen LogP contribution in [-0.4, -0.2) is 43.1 Å². The van der Waals surface area contributed by atoms with Crippen LogP contribution in [0, 0.1) is 12.7 Å². The van der Waals surface area contributed by atoms with Crippen molar-refractivity contribution in [3.63, 3.8) is 0 Å². The van der Waals surface area contributed by atoms with Crippen LogP contribution >= 0.6 is 0 Å². The normalized spacial score (nSPS) is 14.1. The smallest absolute Gasteiger partial charge is 0.321 e. The topological polar surface area (TPSA) is 48.5 Å². The largest absolute Gasteiger partial charge is 0.378 e. The van der Waals surface area contributed by atoms with Crippen molar-refractivity contribution in [2.24, 2.45) is 0 Å². The minimum absolute atomic E-state index is 0.110. The number of hydrogen-bond donors (Lipinski definition) is 1. The summed E-state index contributed by atoms with van der Waals surface area (Å²) in [6, 6.07) is 8.78. The summed E-state index contributed by atoms with van der Waals surface area (Å²) in [4.78, 5) is 20.2. The predicted octanol–water partition coefficient (Wildman–Crippen LogP) is 4.31. The van der Waals surface area contributed by atoms with Gasteiger partial charge in [-0.2, -0.15) is 0 Å². The van der Waals surface area contributed by atoms with E-state index in [9.17, 15) is 9.18 Å². The third kappa shape index (κ3) is 4.84. The number of piperidine rings is 1. The molecule has 0 radical (unpaired) electrons. The van der Waals surface area contributed by atoms with E-state index >= 15 is 0 Å². The molecule has 0 saturated carbocycles. The van der Waals surface area contributed by atoms with Crippen LogP contribution in [0.2, 0.25) is 0 Å². The summed E-state index contributed by atoms with van der Waals surface area (Å²) in [5, 5.41) is 2.91. The van der Waals surface area contributed by atoms with E-state index in [0.717, 1.165) is 35.5 Å². The predicted molar refractivity (Wildman–Crippen MR) is 108 cm³/mol. The van der Waals surface area contributed by atoms with Crippen LogP contribution < -0.4 is 10.2 Å². The van der Waals surface area contributed by atoms with Crippen LogP contribution in [-0.2, 0) is 0 Å². The number of hydrogen-bond acceptors (Lipinski definition) is 3. The van der Waals surface area contributed by atoms with Gasteiger partial charge in [0.1, 0.15) is 5.82 Å². The maximum absolute atomic E-state index is 14.3. The highest BCUT2D eigenvalue weighted by Gasteiger charge is 2.19. The molecule has 6 heteroatoms. The molecule has 2 amide bonds. The number of urea groups is 1. The maximum atomic E-state index is 14.3. The molecule has 2 heterocycles. The van der Waals surface area contributed by atoms with Crippen molar-refractivity contribution in [1.29, 1.82) is 0 Å². The zero-order chi connectivity index (χ0) is 19.4. The minimum atomic E-state index is -0.220. The molecule has 1 aliphatic heterocycles. The van der Waals surface area contributed by atoms with E-state index in [4.69, 9.17) is 0 Å². The Bertz CT molecular complexity index is 853. The molecule has 142 valence electrons. The fourth-order valence-electron chi connectivity index (χ4n) is 3.10. The number of aryl methyl sites for hydroxylation is 1. The van der Waals surface area contributed by atoms with Gasteiger partial charge in [-0.15, -0.1) is 0 Å². The summed E-state index contributed by atoms with van der Waals surface area (Å²) in [7, 11) is 3.78. The van der Waals surface area contributed by atoms with Crippen LogP contribution in [0.5, 0.6) is 0 Å². The lowest BCUT2D eigenvalue weighted by molar-refractivity contribution is 0.208. The van der Waals surface area contributed by atoms with Crippen molar-refractivity contribution < 1.29 is 9.18 Å². The highest BCUT2D eigenvalue weighted by Crippen LogP contribution is 2.23. The maximum Gasteiger partial charge on any atom is 0.321 e. The van der Waals surface area contributed by atoms with E-state index in [-0.39, 0.29) is 11.8 Å². The monoisotopic (exact) mass is 368 g/mol. The summed E-state index contributed by atoms with van der Waals surface area (Å²) in [6.07, 6.45) is 5.09. The molecule has 0 bridgehead atoms. The van der Waals surface area contributed by atoms with Gasteiger partial charge in [-0.25, -0.2) is 9.18 Å². The van der Waals surface area contributed by atoms with Crippen LogP contribution in [0.1, 0.15) is 24.1 Å². The van der Waals surface area contributed by atoms with Crippen LogP contribution in [0.15, 0.2) is 42.1 Å². The molecule has 5 nitrogen and oxygen atoms in total.